The average Bonchev–Trinajstić information content (AvgIpc) is 3.17. The Labute approximate surface area is 217 Å². The van der Waals surface area contributed by atoms with E-state index in [9.17, 15) is 0 Å². The lowest BCUT2D eigenvalue weighted by Crippen LogP contribution is -2.52. The molecule has 2 heteroatoms. The Kier molecular flexibility index (Phi) is 9.08. The van der Waals surface area contributed by atoms with E-state index in [4.69, 9.17) is 12.6 Å². The second-order valence-corrected chi connectivity index (χ2v) is 13.0. The number of hydrogen-bond acceptors (Lipinski definition) is 2. The summed E-state index contributed by atoms with van der Waals surface area (Å²) >= 11 is 5.47. The Morgan fingerprint density at radius 2 is 1.85 bits per heavy atom. The van der Waals surface area contributed by atoms with Crippen LogP contribution in [0, 0.1) is 47.8 Å². The van der Waals surface area contributed by atoms with Gasteiger partial charge in [-0.2, -0.15) is 12.6 Å². The largest absolute Gasteiger partial charge is 0.261 e. The summed E-state index contributed by atoms with van der Waals surface area (Å²) in [6, 6.07) is 4.45. The van der Waals surface area contributed by atoms with E-state index in [1.807, 2.05) is 13.8 Å². The van der Waals surface area contributed by atoms with Gasteiger partial charge in [-0.25, -0.2) is 0 Å². The molecule has 0 spiro atoms. The monoisotopic (exact) mass is 483 g/mol. The van der Waals surface area contributed by atoms with Gasteiger partial charge in [0, 0.05) is 16.6 Å². The van der Waals surface area contributed by atoms with Crippen LogP contribution in [-0.2, 0) is 6.42 Å². The van der Waals surface area contributed by atoms with Crippen LogP contribution in [0.3, 0.4) is 0 Å². The molecule has 0 N–H and O–H groups in total. The van der Waals surface area contributed by atoms with Crippen LogP contribution in [0.2, 0.25) is 0 Å². The van der Waals surface area contributed by atoms with Gasteiger partial charge in [0.2, 0.25) is 0 Å². The number of nitrogens with zero attached hydrogens (tertiary/aromatic N) is 1. The van der Waals surface area contributed by atoms with Gasteiger partial charge in [0.05, 0.1) is 0 Å². The molecule has 8 atom stereocenters. The van der Waals surface area contributed by atoms with E-state index >= 15 is 0 Å². The van der Waals surface area contributed by atoms with Gasteiger partial charge >= 0.3 is 0 Å². The van der Waals surface area contributed by atoms with Crippen LogP contribution < -0.4 is 0 Å². The second-order valence-electron chi connectivity index (χ2n) is 12.2. The number of allylic oxidation sites excluding steroid dienone is 1. The smallest absolute Gasteiger partial charge is 0.0372 e. The normalized spacial score (nSPS) is 39.3. The topological polar surface area (TPSA) is 12.9 Å². The van der Waals surface area contributed by atoms with Gasteiger partial charge in [-0.05, 0) is 124 Å². The Hall–Kier alpha value is -0.760. The third kappa shape index (κ3) is 4.91. The van der Waals surface area contributed by atoms with E-state index in [1.165, 1.54) is 69.8 Å². The number of fused-ring (bicyclic) bond motifs is 5. The van der Waals surface area contributed by atoms with Gasteiger partial charge in [0.1, 0.15) is 0 Å². The molecule has 34 heavy (non-hydrogen) atoms. The van der Waals surface area contributed by atoms with Crippen LogP contribution in [0.15, 0.2) is 30.0 Å². The summed E-state index contributed by atoms with van der Waals surface area (Å²) in [4.78, 5) is 4.51. The van der Waals surface area contributed by atoms with Crippen LogP contribution in [0.25, 0.3) is 0 Å². The molecule has 4 aliphatic rings. The van der Waals surface area contributed by atoms with Crippen molar-refractivity contribution in [3.63, 3.8) is 0 Å². The van der Waals surface area contributed by atoms with Crippen molar-refractivity contribution in [2.24, 2.45) is 40.9 Å². The molecule has 0 saturated heterocycles. The molecular weight excluding hydrogens is 430 g/mol. The molecule has 0 amide bonds. The number of pyridine rings is 1. The molecule has 4 aliphatic carbocycles. The molecule has 8 unspecified atom stereocenters. The van der Waals surface area contributed by atoms with Crippen molar-refractivity contribution in [1.29, 1.82) is 0 Å². The van der Waals surface area contributed by atoms with Gasteiger partial charge < -0.3 is 0 Å². The van der Waals surface area contributed by atoms with E-state index in [-0.39, 0.29) is 12.2 Å². The molecule has 1 nitrogen and oxygen atoms in total. The number of aryl methyl sites for hydroxylation is 2. The molecule has 0 bridgehead atoms. The minimum Gasteiger partial charge on any atom is -0.261 e. The third-order valence-electron chi connectivity index (χ3n) is 10.5. The highest BCUT2D eigenvalue weighted by Gasteiger charge is 2.59. The maximum atomic E-state index is 5.47. The minimum atomic E-state index is 0. The summed E-state index contributed by atoms with van der Waals surface area (Å²) in [6.07, 6.45) is 18.3. The van der Waals surface area contributed by atoms with Crippen molar-refractivity contribution in [3.05, 3.63) is 41.2 Å². The highest BCUT2D eigenvalue weighted by Crippen LogP contribution is 2.66. The standard InChI is InChI=1S/C29H43NS.C2H6.CH4/c1-19-13-16-29(31)23(17-19)9-10-24-26-12-11-25(28(26,4)15-14-27(24)29)20(2)5-7-22-8-6-21(3)30-18-22;1-2;/h6,8-9,18-20,24-27,31H,5,7,10-17H2,1-4H3;1-2H3;1H4. The van der Waals surface area contributed by atoms with Crippen LogP contribution in [0.4, 0.5) is 0 Å². The molecule has 0 radical (unpaired) electrons. The fourth-order valence-corrected chi connectivity index (χ4v) is 9.30. The van der Waals surface area contributed by atoms with Gasteiger partial charge in [0.25, 0.3) is 0 Å². The first-order valence-corrected chi connectivity index (χ1v) is 14.6. The summed E-state index contributed by atoms with van der Waals surface area (Å²) in [5.41, 5.74) is 4.80. The summed E-state index contributed by atoms with van der Waals surface area (Å²) in [5, 5.41) is 0. The highest BCUT2D eigenvalue weighted by molar-refractivity contribution is 7.82. The first-order chi connectivity index (χ1) is 15.8. The van der Waals surface area contributed by atoms with Crippen molar-refractivity contribution >= 4 is 12.6 Å². The van der Waals surface area contributed by atoms with E-state index in [2.05, 4.69) is 57.1 Å². The molecule has 5 rings (SSSR count). The van der Waals surface area contributed by atoms with Gasteiger partial charge in [-0.1, -0.05) is 59.8 Å². The van der Waals surface area contributed by atoms with Crippen molar-refractivity contribution in [2.45, 2.75) is 118 Å². The van der Waals surface area contributed by atoms with E-state index in [1.54, 1.807) is 5.57 Å². The number of thiol groups is 1. The van der Waals surface area contributed by atoms with Gasteiger partial charge in [-0.3, -0.25) is 4.98 Å². The SMILES string of the molecule is C.CC.Cc1ccc(CCC(C)C2CCC3C4CC=C5CC(C)CCC5(S)C4CCC23C)cn1. The average molecular weight is 484 g/mol. The molecule has 0 aliphatic heterocycles. The Morgan fingerprint density at radius 1 is 1.09 bits per heavy atom. The lowest BCUT2D eigenvalue weighted by molar-refractivity contribution is -0.0188. The first kappa shape index (κ1) is 27.8. The maximum absolute atomic E-state index is 5.47. The first-order valence-electron chi connectivity index (χ1n) is 14.1. The van der Waals surface area contributed by atoms with E-state index in [0.717, 1.165) is 41.2 Å². The van der Waals surface area contributed by atoms with Crippen molar-refractivity contribution < 1.29 is 0 Å². The third-order valence-corrected chi connectivity index (χ3v) is 11.3. The molecule has 1 aromatic rings. The minimum absolute atomic E-state index is 0. The lowest BCUT2D eigenvalue weighted by Gasteiger charge is -2.58. The highest BCUT2D eigenvalue weighted by atomic mass is 32.1. The zero-order valence-corrected chi connectivity index (χ0v) is 23.1. The molecule has 192 valence electrons. The van der Waals surface area contributed by atoms with Crippen molar-refractivity contribution in [1.82, 2.24) is 4.98 Å². The summed E-state index contributed by atoms with van der Waals surface area (Å²) in [7, 11) is 0. The maximum Gasteiger partial charge on any atom is 0.0372 e. The summed E-state index contributed by atoms with van der Waals surface area (Å²) in [6.45, 7) is 13.7. The predicted molar refractivity (Wildman–Crippen MR) is 153 cm³/mol. The zero-order chi connectivity index (χ0) is 23.8. The van der Waals surface area contributed by atoms with Crippen LogP contribution >= 0.6 is 12.6 Å². The molecular formula is C32H53NS. The van der Waals surface area contributed by atoms with Crippen LogP contribution in [0.1, 0.15) is 111 Å². The molecule has 1 heterocycles. The zero-order valence-electron chi connectivity index (χ0n) is 22.2. The van der Waals surface area contributed by atoms with E-state index in [0.29, 0.717) is 5.41 Å². The Bertz CT molecular complexity index is 828. The molecule has 1 aromatic heterocycles. The van der Waals surface area contributed by atoms with Crippen molar-refractivity contribution in [3.8, 4) is 0 Å². The number of aromatic nitrogens is 1. The van der Waals surface area contributed by atoms with Gasteiger partial charge in [0.15, 0.2) is 0 Å². The predicted octanol–water partition coefficient (Wildman–Crippen LogP) is 9.50. The molecule has 3 saturated carbocycles. The number of rotatable bonds is 4. The Morgan fingerprint density at radius 3 is 2.56 bits per heavy atom. The lowest BCUT2D eigenvalue weighted by atomic mass is 9.50. The van der Waals surface area contributed by atoms with Crippen molar-refractivity contribution in [2.75, 3.05) is 0 Å². The summed E-state index contributed by atoms with van der Waals surface area (Å²) in [5.74, 6) is 5.19. The quantitative estimate of drug-likeness (QED) is 0.332. The van der Waals surface area contributed by atoms with Crippen LogP contribution in [-0.4, -0.2) is 9.73 Å². The Balaban J connectivity index is 0.00000105. The molecule has 3 fully saturated rings. The van der Waals surface area contributed by atoms with E-state index < -0.39 is 0 Å². The van der Waals surface area contributed by atoms with Crippen LogP contribution in [0.5, 0.6) is 0 Å². The summed E-state index contributed by atoms with van der Waals surface area (Å²) < 4.78 is 0.221. The molecule has 0 aromatic carbocycles. The number of hydrogen-bond donors (Lipinski definition) is 1. The fraction of sp³-hybridized carbons (Fsp3) is 0.781. The fourth-order valence-electron chi connectivity index (χ4n) is 8.67. The second kappa shape index (κ2) is 11.1. The van der Waals surface area contributed by atoms with Gasteiger partial charge in [-0.15, -0.1) is 0 Å².